The van der Waals surface area contributed by atoms with E-state index in [-0.39, 0.29) is 5.91 Å². The third kappa shape index (κ3) is 2.48. The van der Waals surface area contributed by atoms with Crippen molar-refractivity contribution in [1.82, 2.24) is 20.1 Å². The van der Waals surface area contributed by atoms with Crippen molar-refractivity contribution < 1.29 is 4.79 Å². The molecule has 0 radical (unpaired) electrons. The summed E-state index contributed by atoms with van der Waals surface area (Å²) in [6, 6.07) is 1.60. The van der Waals surface area contributed by atoms with Crippen molar-refractivity contribution in [1.29, 1.82) is 0 Å². The number of hydrogen-bond acceptors (Lipinski definition) is 4. The minimum absolute atomic E-state index is 0.233. The van der Waals surface area contributed by atoms with Crippen LogP contribution in [-0.4, -0.2) is 20.7 Å². The van der Waals surface area contributed by atoms with Crippen molar-refractivity contribution in [3.8, 4) is 0 Å². The van der Waals surface area contributed by atoms with Crippen LogP contribution in [0, 0.1) is 6.92 Å². The van der Waals surface area contributed by atoms with E-state index >= 15 is 0 Å². The van der Waals surface area contributed by atoms with Gasteiger partial charge in [-0.2, -0.15) is 5.10 Å². The summed E-state index contributed by atoms with van der Waals surface area (Å²) in [4.78, 5) is 15.8. The molecule has 0 aliphatic heterocycles. The van der Waals surface area contributed by atoms with Gasteiger partial charge in [-0.25, -0.2) is 0 Å². The molecule has 0 atom stereocenters. The number of anilines is 1. The second-order valence-electron chi connectivity index (χ2n) is 4.06. The second kappa shape index (κ2) is 4.87. The lowest BCUT2D eigenvalue weighted by atomic mass is 10.2. The first-order chi connectivity index (χ1) is 8.58. The highest BCUT2D eigenvalue weighted by Gasteiger charge is 2.10. The van der Waals surface area contributed by atoms with Gasteiger partial charge in [0.2, 0.25) is 0 Å². The highest BCUT2D eigenvalue weighted by Crippen LogP contribution is 2.09. The Bertz CT molecular complexity index is 576. The molecule has 2 aromatic heterocycles. The molecule has 0 saturated carbocycles. The number of carbonyl (C=O) groups is 1. The number of nitrogens with two attached hydrogens (primary N) is 1. The van der Waals surface area contributed by atoms with Crippen LogP contribution in [0.4, 0.5) is 5.69 Å². The number of amides is 1. The van der Waals surface area contributed by atoms with Crippen molar-refractivity contribution in [2.75, 3.05) is 5.73 Å². The molecule has 18 heavy (non-hydrogen) atoms. The topological polar surface area (TPSA) is 85.8 Å². The van der Waals surface area contributed by atoms with E-state index in [1.807, 2.05) is 20.2 Å². The van der Waals surface area contributed by atoms with Gasteiger partial charge in [0.15, 0.2) is 0 Å². The summed E-state index contributed by atoms with van der Waals surface area (Å²) in [5, 5.41) is 7.01. The van der Waals surface area contributed by atoms with Crippen molar-refractivity contribution in [3.05, 3.63) is 41.5 Å². The maximum atomic E-state index is 11.9. The summed E-state index contributed by atoms with van der Waals surface area (Å²) >= 11 is 0. The fraction of sp³-hybridized carbons (Fsp3) is 0.250. The minimum atomic E-state index is -0.233. The largest absolute Gasteiger partial charge is 0.398 e. The Morgan fingerprint density at radius 1 is 1.56 bits per heavy atom. The first kappa shape index (κ1) is 12.1. The molecule has 0 aliphatic carbocycles. The number of pyridine rings is 1. The van der Waals surface area contributed by atoms with Crippen molar-refractivity contribution in [2.45, 2.75) is 13.5 Å². The number of nitrogen functional groups attached to an aromatic ring is 1. The van der Waals surface area contributed by atoms with E-state index in [9.17, 15) is 4.79 Å². The third-order valence-electron chi connectivity index (χ3n) is 2.65. The maximum Gasteiger partial charge on any atom is 0.255 e. The molecule has 1 amide bonds. The van der Waals surface area contributed by atoms with Crippen molar-refractivity contribution in [3.63, 3.8) is 0 Å². The quantitative estimate of drug-likeness (QED) is 0.830. The number of hydrogen-bond donors (Lipinski definition) is 2. The SMILES string of the molecule is Cc1nn(C)cc1CNC(=O)c1cnccc1N. The number of carbonyl (C=O) groups excluding carboxylic acids is 1. The van der Waals surface area contributed by atoms with E-state index in [0.29, 0.717) is 17.8 Å². The summed E-state index contributed by atoms with van der Waals surface area (Å²) in [6.45, 7) is 2.33. The number of nitrogens with one attached hydrogen (secondary N) is 1. The Morgan fingerprint density at radius 3 is 2.94 bits per heavy atom. The monoisotopic (exact) mass is 245 g/mol. The molecule has 2 aromatic rings. The van der Waals surface area contributed by atoms with Gasteiger partial charge in [-0.15, -0.1) is 0 Å². The van der Waals surface area contributed by atoms with Gasteiger partial charge >= 0.3 is 0 Å². The van der Waals surface area contributed by atoms with Crippen LogP contribution in [0.25, 0.3) is 0 Å². The van der Waals surface area contributed by atoms with E-state index in [2.05, 4.69) is 15.4 Å². The molecular formula is C12H15N5O. The molecule has 0 fully saturated rings. The molecule has 0 bridgehead atoms. The Hall–Kier alpha value is -2.37. The predicted molar refractivity (Wildman–Crippen MR) is 67.8 cm³/mol. The summed E-state index contributed by atoms with van der Waals surface area (Å²) in [7, 11) is 1.84. The summed E-state index contributed by atoms with van der Waals surface area (Å²) in [5.74, 6) is -0.233. The first-order valence-electron chi connectivity index (χ1n) is 5.54. The molecule has 0 spiro atoms. The fourth-order valence-corrected chi connectivity index (χ4v) is 1.69. The average molecular weight is 245 g/mol. The lowest BCUT2D eigenvalue weighted by molar-refractivity contribution is 0.0951. The van der Waals surface area contributed by atoms with Crippen LogP contribution >= 0.6 is 0 Å². The van der Waals surface area contributed by atoms with Crippen LogP contribution in [0.2, 0.25) is 0 Å². The molecule has 6 nitrogen and oxygen atoms in total. The van der Waals surface area contributed by atoms with Gasteiger partial charge in [-0.1, -0.05) is 0 Å². The van der Waals surface area contributed by atoms with Gasteiger partial charge < -0.3 is 11.1 Å². The Balaban J connectivity index is 2.05. The van der Waals surface area contributed by atoms with Crippen molar-refractivity contribution >= 4 is 11.6 Å². The molecule has 3 N–H and O–H groups in total. The average Bonchev–Trinajstić information content (AvgIpc) is 2.65. The van der Waals surface area contributed by atoms with Gasteiger partial charge in [0.1, 0.15) is 0 Å². The Morgan fingerprint density at radius 2 is 2.33 bits per heavy atom. The fourth-order valence-electron chi connectivity index (χ4n) is 1.69. The van der Waals surface area contributed by atoms with E-state index in [4.69, 9.17) is 5.73 Å². The van der Waals surface area contributed by atoms with Gasteiger partial charge in [0, 0.05) is 43.4 Å². The second-order valence-corrected chi connectivity index (χ2v) is 4.06. The first-order valence-corrected chi connectivity index (χ1v) is 5.54. The summed E-state index contributed by atoms with van der Waals surface area (Å²) in [6.07, 6.45) is 4.89. The normalized spacial score (nSPS) is 10.3. The summed E-state index contributed by atoms with van der Waals surface area (Å²) in [5.41, 5.74) is 8.40. The van der Waals surface area contributed by atoms with E-state index in [1.165, 1.54) is 6.20 Å². The third-order valence-corrected chi connectivity index (χ3v) is 2.65. The van der Waals surface area contributed by atoms with E-state index < -0.39 is 0 Å². The molecule has 6 heteroatoms. The van der Waals surface area contributed by atoms with Gasteiger partial charge in [-0.05, 0) is 13.0 Å². The van der Waals surface area contributed by atoms with Gasteiger partial charge in [-0.3, -0.25) is 14.5 Å². The lowest BCUT2D eigenvalue weighted by Crippen LogP contribution is -2.24. The van der Waals surface area contributed by atoms with Gasteiger partial charge in [0.25, 0.3) is 5.91 Å². The Labute approximate surface area is 105 Å². The van der Waals surface area contributed by atoms with Crippen LogP contribution < -0.4 is 11.1 Å². The zero-order valence-corrected chi connectivity index (χ0v) is 10.3. The van der Waals surface area contributed by atoms with Crippen LogP contribution in [0.1, 0.15) is 21.6 Å². The van der Waals surface area contributed by atoms with Crippen LogP contribution in [0.3, 0.4) is 0 Å². The molecule has 2 heterocycles. The van der Waals surface area contributed by atoms with Crippen LogP contribution in [-0.2, 0) is 13.6 Å². The number of aryl methyl sites for hydroxylation is 2. The molecule has 0 aliphatic rings. The van der Waals surface area contributed by atoms with Crippen LogP contribution in [0.5, 0.6) is 0 Å². The van der Waals surface area contributed by atoms with Gasteiger partial charge in [0.05, 0.1) is 11.3 Å². The molecular weight excluding hydrogens is 230 g/mol. The molecule has 0 saturated heterocycles. The van der Waals surface area contributed by atoms with Crippen molar-refractivity contribution in [2.24, 2.45) is 7.05 Å². The zero-order chi connectivity index (χ0) is 13.1. The highest BCUT2D eigenvalue weighted by atomic mass is 16.1. The van der Waals surface area contributed by atoms with Crippen LogP contribution in [0.15, 0.2) is 24.7 Å². The number of rotatable bonds is 3. The zero-order valence-electron chi connectivity index (χ0n) is 10.3. The minimum Gasteiger partial charge on any atom is -0.398 e. The molecule has 2 rings (SSSR count). The molecule has 0 aromatic carbocycles. The smallest absolute Gasteiger partial charge is 0.255 e. The molecule has 94 valence electrons. The highest BCUT2D eigenvalue weighted by molar-refractivity contribution is 5.98. The number of nitrogens with zero attached hydrogens (tertiary/aromatic N) is 3. The van der Waals surface area contributed by atoms with E-state index in [1.54, 1.807) is 16.9 Å². The lowest BCUT2D eigenvalue weighted by Gasteiger charge is -2.06. The van der Waals surface area contributed by atoms with E-state index in [0.717, 1.165) is 11.3 Å². The molecule has 0 unspecified atom stereocenters. The summed E-state index contributed by atoms with van der Waals surface area (Å²) < 4.78 is 1.72. The Kier molecular flexibility index (Phi) is 3.27. The predicted octanol–water partition coefficient (Wildman–Crippen LogP) is 0.636. The standard InChI is InChI=1S/C12H15N5O/c1-8-9(7-17(2)16-8)5-15-12(18)10-6-14-4-3-11(10)13/h3-4,6-7H,5H2,1-2H3,(H2,13,14)(H,15,18). The number of aromatic nitrogens is 3. The maximum absolute atomic E-state index is 11.9.